The molecule has 0 aromatic heterocycles. The lowest BCUT2D eigenvalue weighted by molar-refractivity contribution is -0.123. The molecule has 0 atom stereocenters. The minimum absolute atomic E-state index is 0.0821. The van der Waals surface area contributed by atoms with Crippen LogP contribution in [0.25, 0.3) is 0 Å². The fourth-order valence-corrected chi connectivity index (χ4v) is 1.22. The number of methoxy groups -OCH3 is 1. The van der Waals surface area contributed by atoms with E-state index in [9.17, 15) is 14.7 Å². The smallest absolute Gasteiger partial charge is 0.243 e. The van der Waals surface area contributed by atoms with Crippen molar-refractivity contribution in [2.75, 3.05) is 25.5 Å². The molecule has 0 saturated carbocycles. The van der Waals surface area contributed by atoms with Gasteiger partial charge in [-0.1, -0.05) is 0 Å². The van der Waals surface area contributed by atoms with Gasteiger partial charge in [0.2, 0.25) is 11.8 Å². The zero-order valence-electron chi connectivity index (χ0n) is 9.90. The van der Waals surface area contributed by atoms with Crippen molar-refractivity contribution in [3.63, 3.8) is 0 Å². The predicted octanol–water partition coefficient (Wildman–Crippen LogP) is -0.586. The lowest BCUT2D eigenvalue weighted by Crippen LogP contribution is -2.36. The molecule has 0 bridgehead atoms. The van der Waals surface area contributed by atoms with Crippen LogP contribution in [0.5, 0.6) is 11.5 Å². The molecule has 7 heteroatoms. The SMILES string of the molecule is COc1ccc(NC(=O)CNC(=O)CN)cc1O. The molecule has 1 aromatic rings. The summed E-state index contributed by atoms with van der Waals surface area (Å²) in [6.07, 6.45) is 0. The van der Waals surface area contributed by atoms with Crippen LogP contribution in [0.4, 0.5) is 5.69 Å². The van der Waals surface area contributed by atoms with Gasteiger partial charge >= 0.3 is 0 Å². The minimum atomic E-state index is -0.415. The Hall–Kier alpha value is -2.28. The minimum Gasteiger partial charge on any atom is -0.504 e. The molecule has 0 spiro atoms. The number of nitrogens with one attached hydrogen (secondary N) is 2. The van der Waals surface area contributed by atoms with Crippen LogP contribution in [-0.2, 0) is 9.59 Å². The van der Waals surface area contributed by atoms with E-state index in [1.807, 2.05) is 0 Å². The third-order valence-electron chi connectivity index (χ3n) is 2.09. The van der Waals surface area contributed by atoms with Gasteiger partial charge in [-0.3, -0.25) is 9.59 Å². The molecule has 0 heterocycles. The van der Waals surface area contributed by atoms with Crippen molar-refractivity contribution in [2.45, 2.75) is 0 Å². The molecule has 0 fully saturated rings. The maximum atomic E-state index is 11.4. The molecule has 0 radical (unpaired) electrons. The van der Waals surface area contributed by atoms with Gasteiger partial charge in [0.1, 0.15) is 0 Å². The summed E-state index contributed by atoms with van der Waals surface area (Å²) in [4.78, 5) is 22.3. The molecule has 1 rings (SSSR count). The number of rotatable bonds is 5. The van der Waals surface area contributed by atoms with E-state index in [-0.39, 0.29) is 18.8 Å². The molecule has 5 N–H and O–H groups in total. The quantitative estimate of drug-likeness (QED) is 0.560. The number of nitrogens with two attached hydrogens (primary N) is 1. The van der Waals surface area contributed by atoms with Crippen molar-refractivity contribution in [2.24, 2.45) is 5.73 Å². The molecule has 0 saturated heterocycles. The van der Waals surface area contributed by atoms with Crippen molar-refractivity contribution >= 4 is 17.5 Å². The van der Waals surface area contributed by atoms with Crippen LogP contribution in [0.3, 0.4) is 0 Å². The first-order valence-corrected chi connectivity index (χ1v) is 5.20. The van der Waals surface area contributed by atoms with Crippen LogP contribution in [-0.4, -0.2) is 37.1 Å². The van der Waals surface area contributed by atoms with E-state index < -0.39 is 11.8 Å². The van der Waals surface area contributed by atoms with E-state index in [4.69, 9.17) is 10.5 Å². The van der Waals surface area contributed by atoms with E-state index in [0.717, 1.165) is 0 Å². The highest BCUT2D eigenvalue weighted by atomic mass is 16.5. The van der Waals surface area contributed by atoms with Crippen molar-refractivity contribution in [1.82, 2.24) is 5.32 Å². The summed E-state index contributed by atoms with van der Waals surface area (Å²) >= 11 is 0. The first-order valence-electron chi connectivity index (χ1n) is 5.20. The standard InChI is InChI=1S/C11H15N3O4/c1-18-9-3-2-7(4-8(9)15)14-11(17)6-13-10(16)5-12/h2-4,15H,5-6,12H2,1H3,(H,13,16)(H,14,17). The van der Waals surface area contributed by atoms with Crippen LogP contribution in [0.1, 0.15) is 0 Å². The number of aromatic hydroxyl groups is 1. The Morgan fingerprint density at radius 1 is 1.39 bits per heavy atom. The Bertz CT molecular complexity index is 448. The summed E-state index contributed by atoms with van der Waals surface area (Å²) in [5.41, 5.74) is 5.48. The van der Waals surface area contributed by atoms with Crippen LogP contribution in [0, 0.1) is 0 Å². The number of phenols is 1. The molecular formula is C11H15N3O4. The number of carbonyl (C=O) groups is 2. The van der Waals surface area contributed by atoms with Gasteiger partial charge in [-0.2, -0.15) is 0 Å². The summed E-state index contributed by atoms with van der Waals surface area (Å²) < 4.78 is 4.86. The summed E-state index contributed by atoms with van der Waals surface area (Å²) in [5, 5.41) is 14.3. The predicted molar refractivity (Wildman–Crippen MR) is 65.4 cm³/mol. The largest absolute Gasteiger partial charge is 0.504 e. The molecule has 18 heavy (non-hydrogen) atoms. The molecule has 0 aliphatic heterocycles. The van der Waals surface area contributed by atoms with Gasteiger partial charge < -0.3 is 26.2 Å². The first-order chi connectivity index (χ1) is 8.56. The zero-order valence-corrected chi connectivity index (χ0v) is 9.90. The number of hydrogen-bond acceptors (Lipinski definition) is 5. The number of hydrogen-bond donors (Lipinski definition) is 4. The molecular weight excluding hydrogens is 238 g/mol. The van der Waals surface area contributed by atoms with Crippen molar-refractivity contribution in [3.05, 3.63) is 18.2 Å². The summed E-state index contributed by atoms with van der Waals surface area (Å²) in [6, 6.07) is 4.44. The average molecular weight is 253 g/mol. The third-order valence-corrected chi connectivity index (χ3v) is 2.09. The fraction of sp³-hybridized carbons (Fsp3) is 0.273. The van der Waals surface area contributed by atoms with Gasteiger partial charge in [-0.05, 0) is 12.1 Å². The number of benzene rings is 1. The second kappa shape index (κ2) is 6.45. The topological polar surface area (TPSA) is 114 Å². The average Bonchev–Trinajstić information content (AvgIpc) is 2.36. The van der Waals surface area contributed by atoms with Crippen LogP contribution in [0.15, 0.2) is 18.2 Å². The molecule has 0 aliphatic rings. The van der Waals surface area contributed by atoms with Crippen molar-refractivity contribution in [3.8, 4) is 11.5 Å². The molecule has 1 aromatic carbocycles. The van der Waals surface area contributed by atoms with Crippen molar-refractivity contribution in [1.29, 1.82) is 0 Å². The maximum absolute atomic E-state index is 11.4. The van der Waals surface area contributed by atoms with Crippen LogP contribution in [0.2, 0.25) is 0 Å². The van der Waals surface area contributed by atoms with Gasteiger partial charge in [-0.15, -0.1) is 0 Å². The van der Waals surface area contributed by atoms with Crippen LogP contribution >= 0.6 is 0 Å². The van der Waals surface area contributed by atoms with Gasteiger partial charge in [0.05, 0.1) is 20.2 Å². The zero-order chi connectivity index (χ0) is 13.5. The Kier molecular flexibility index (Phi) is 4.94. The van der Waals surface area contributed by atoms with E-state index in [1.165, 1.54) is 19.2 Å². The molecule has 0 unspecified atom stereocenters. The first kappa shape index (κ1) is 13.8. The highest BCUT2D eigenvalue weighted by molar-refractivity contribution is 5.94. The lowest BCUT2D eigenvalue weighted by atomic mass is 10.2. The number of carbonyl (C=O) groups excluding carboxylic acids is 2. The molecule has 7 nitrogen and oxygen atoms in total. The van der Waals surface area contributed by atoms with E-state index in [2.05, 4.69) is 10.6 Å². The van der Waals surface area contributed by atoms with Crippen molar-refractivity contribution < 1.29 is 19.4 Å². The van der Waals surface area contributed by atoms with E-state index in [1.54, 1.807) is 6.07 Å². The molecule has 98 valence electrons. The van der Waals surface area contributed by atoms with Gasteiger partial charge in [-0.25, -0.2) is 0 Å². The van der Waals surface area contributed by atoms with Gasteiger partial charge in [0, 0.05) is 11.8 Å². The van der Waals surface area contributed by atoms with Gasteiger partial charge in [0.15, 0.2) is 11.5 Å². The maximum Gasteiger partial charge on any atom is 0.243 e. The number of ether oxygens (including phenoxy) is 1. The number of anilines is 1. The fourth-order valence-electron chi connectivity index (χ4n) is 1.22. The normalized spacial score (nSPS) is 9.67. The van der Waals surface area contributed by atoms with Gasteiger partial charge in [0.25, 0.3) is 0 Å². The molecule has 0 aliphatic carbocycles. The van der Waals surface area contributed by atoms with Crippen LogP contribution < -0.4 is 21.1 Å². The monoisotopic (exact) mass is 253 g/mol. The highest BCUT2D eigenvalue weighted by Crippen LogP contribution is 2.28. The molecule has 2 amide bonds. The summed E-state index contributed by atoms with van der Waals surface area (Å²) in [5.74, 6) is -0.602. The number of amides is 2. The Morgan fingerprint density at radius 2 is 2.11 bits per heavy atom. The van der Waals surface area contributed by atoms with E-state index >= 15 is 0 Å². The summed E-state index contributed by atoms with van der Waals surface area (Å²) in [6.45, 7) is -0.348. The second-order valence-electron chi connectivity index (χ2n) is 3.42. The highest BCUT2D eigenvalue weighted by Gasteiger charge is 2.07. The second-order valence-corrected chi connectivity index (χ2v) is 3.42. The lowest BCUT2D eigenvalue weighted by Gasteiger charge is -2.08. The Balaban J connectivity index is 2.54. The third kappa shape index (κ3) is 3.95. The number of phenolic OH excluding ortho intramolecular Hbond substituents is 1. The Labute approximate surface area is 104 Å². The van der Waals surface area contributed by atoms with E-state index in [0.29, 0.717) is 11.4 Å². The Morgan fingerprint density at radius 3 is 2.67 bits per heavy atom. The summed E-state index contributed by atoms with van der Waals surface area (Å²) in [7, 11) is 1.43.